The molecule has 1 nitrogen and oxygen atoms in total. The Balaban J connectivity index is 2.11. The molecule has 110 valence electrons. The normalized spacial score (nSPS) is 20.1. The molecule has 0 spiro atoms. The molecular formula is C18H28OSi. The lowest BCUT2D eigenvalue weighted by Crippen LogP contribution is -2.43. The topological polar surface area (TPSA) is 9.23 Å². The maximum Gasteiger partial charge on any atom is 0.192 e. The third-order valence-corrected chi connectivity index (χ3v) is 9.23. The number of hydrogen-bond acceptors (Lipinski definition) is 1. The first kappa shape index (κ1) is 15.5. The highest BCUT2D eigenvalue weighted by atomic mass is 28.4. The largest absolute Gasteiger partial charge is 0.411 e. The van der Waals surface area contributed by atoms with E-state index in [4.69, 9.17) is 4.43 Å². The van der Waals surface area contributed by atoms with E-state index in [1.165, 1.54) is 16.7 Å². The second kappa shape index (κ2) is 5.49. The highest BCUT2D eigenvalue weighted by Crippen LogP contribution is 2.40. The molecule has 0 bridgehead atoms. The summed E-state index contributed by atoms with van der Waals surface area (Å²) in [6.45, 7) is 13.7. The van der Waals surface area contributed by atoms with Gasteiger partial charge in [-0.2, -0.15) is 0 Å². The second-order valence-electron chi connectivity index (χ2n) is 7.52. The van der Waals surface area contributed by atoms with Gasteiger partial charge in [-0.25, -0.2) is 0 Å². The van der Waals surface area contributed by atoms with Gasteiger partial charge in [-0.15, -0.1) is 0 Å². The lowest BCUT2D eigenvalue weighted by molar-refractivity contribution is 0.224. The lowest BCUT2D eigenvalue weighted by atomic mass is 10.0. The number of hydrogen-bond donors (Lipinski definition) is 0. The lowest BCUT2D eigenvalue weighted by Gasteiger charge is -2.38. The van der Waals surface area contributed by atoms with Crippen molar-refractivity contribution in [3.8, 4) is 0 Å². The molecule has 1 unspecified atom stereocenters. The van der Waals surface area contributed by atoms with Gasteiger partial charge in [-0.05, 0) is 49.0 Å². The average molecular weight is 289 g/mol. The Morgan fingerprint density at radius 3 is 2.50 bits per heavy atom. The van der Waals surface area contributed by atoms with Crippen LogP contribution in [0.3, 0.4) is 0 Å². The molecule has 0 fully saturated rings. The highest BCUT2D eigenvalue weighted by molar-refractivity contribution is 6.74. The van der Waals surface area contributed by atoms with Gasteiger partial charge in [-0.3, -0.25) is 0 Å². The van der Waals surface area contributed by atoms with E-state index in [1.54, 1.807) is 0 Å². The highest BCUT2D eigenvalue weighted by Gasteiger charge is 2.39. The second-order valence-corrected chi connectivity index (χ2v) is 12.3. The molecule has 0 amide bonds. The van der Waals surface area contributed by atoms with Gasteiger partial charge in [-0.1, -0.05) is 56.7 Å². The van der Waals surface area contributed by atoms with Crippen molar-refractivity contribution in [1.82, 2.24) is 0 Å². The zero-order chi connectivity index (χ0) is 15.0. The van der Waals surface area contributed by atoms with E-state index in [0.717, 1.165) is 12.8 Å². The van der Waals surface area contributed by atoms with Crippen molar-refractivity contribution in [1.29, 1.82) is 0 Å². The van der Waals surface area contributed by atoms with E-state index in [2.05, 4.69) is 71.1 Å². The molecule has 1 aromatic rings. The summed E-state index contributed by atoms with van der Waals surface area (Å²) in [4.78, 5) is 0. The van der Waals surface area contributed by atoms with Crippen LogP contribution in [0.25, 0.3) is 5.57 Å². The summed E-state index contributed by atoms with van der Waals surface area (Å²) in [5, 5.41) is 0.285. The van der Waals surface area contributed by atoms with Crippen LogP contribution < -0.4 is 0 Å². The van der Waals surface area contributed by atoms with Crippen LogP contribution >= 0.6 is 0 Å². The van der Waals surface area contributed by atoms with Crippen molar-refractivity contribution in [2.75, 3.05) is 0 Å². The zero-order valence-electron chi connectivity index (χ0n) is 13.8. The Morgan fingerprint density at radius 2 is 1.90 bits per heavy atom. The minimum atomic E-state index is -1.66. The minimum Gasteiger partial charge on any atom is -0.411 e. The van der Waals surface area contributed by atoms with Gasteiger partial charge in [0, 0.05) is 0 Å². The summed E-state index contributed by atoms with van der Waals surface area (Å²) in [6, 6.07) is 8.80. The molecule has 0 saturated heterocycles. The van der Waals surface area contributed by atoms with E-state index in [9.17, 15) is 0 Å². The fraction of sp³-hybridized carbons (Fsp3) is 0.556. The molecule has 1 aromatic carbocycles. The van der Waals surface area contributed by atoms with Gasteiger partial charge >= 0.3 is 0 Å². The Hall–Kier alpha value is -0.863. The summed E-state index contributed by atoms with van der Waals surface area (Å²) < 4.78 is 6.51. The number of aryl methyl sites for hydroxylation is 1. The van der Waals surface area contributed by atoms with Gasteiger partial charge in [0.25, 0.3) is 0 Å². The zero-order valence-corrected chi connectivity index (χ0v) is 14.8. The molecule has 0 saturated carbocycles. The van der Waals surface area contributed by atoms with Crippen LogP contribution in [0.15, 0.2) is 30.3 Å². The van der Waals surface area contributed by atoms with Gasteiger partial charge < -0.3 is 4.43 Å². The van der Waals surface area contributed by atoms with Crippen LogP contribution in [0.1, 0.15) is 44.7 Å². The molecule has 1 atom stereocenters. The molecule has 0 radical (unpaired) electrons. The van der Waals surface area contributed by atoms with Crippen LogP contribution in [0.5, 0.6) is 0 Å². The molecule has 20 heavy (non-hydrogen) atoms. The van der Waals surface area contributed by atoms with Crippen molar-refractivity contribution < 1.29 is 4.43 Å². The summed E-state index contributed by atoms with van der Waals surface area (Å²) >= 11 is 0. The Kier molecular flexibility index (Phi) is 4.26. The van der Waals surface area contributed by atoms with E-state index in [-0.39, 0.29) is 5.04 Å². The van der Waals surface area contributed by atoms with Crippen LogP contribution in [-0.4, -0.2) is 14.4 Å². The predicted molar refractivity (Wildman–Crippen MR) is 90.5 cm³/mol. The van der Waals surface area contributed by atoms with Gasteiger partial charge in [0.05, 0.1) is 6.10 Å². The summed E-state index contributed by atoms with van der Waals surface area (Å²) in [5.74, 6) is 0. The van der Waals surface area contributed by atoms with E-state index >= 15 is 0 Å². The average Bonchev–Trinajstić information content (AvgIpc) is 2.75. The molecule has 0 heterocycles. The minimum absolute atomic E-state index is 0.285. The summed E-state index contributed by atoms with van der Waals surface area (Å²) in [5.41, 5.74) is 4.15. The number of rotatable bonds is 3. The van der Waals surface area contributed by atoms with Crippen LogP contribution in [-0.2, 0) is 4.43 Å². The third-order valence-electron chi connectivity index (χ3n) is 4.73. The molecular weight excluding hydrogens is 260 g/mol. The molecule has 0 N–H and O–H groups in total. The summed E-state index contributed by atoms with van der Waals surface area (Å²) in [7, 11) is -1.66. The number of benzene rings is 1. The van der Waals surface area contributed by atoms with E-state index < -0.39 is 8.32 Å². The van der Waals surface area contributed by atoms with Gasteiger partial charge in [0.2, 0.25) is 0 Å². The van der Waals surface area contributed by atoms with Crippen LogP contribution in [0, 0.1) is 6.92 Å². The van der Waals surface area contributed by atoms with E-state index in [0.29, 0.717) is 6.10 Å². The Bertz CT molecular complexity index is 508. The fourth-order valence-electron chi connectivity index (χ4n) is 2.42. The maximum absolute atomic E-state index is 6.51. The summed E-state index contributed by atoms with van der Waals surface area (Å²) in [6.07, 6.45) is 4.94. The quantitative estimate of drug-likeness (QED) is 0.661. The van der Waals surface area contributed by atoms with Crippen LogP contribution in [0.2, 0.25) is 18.1 Å². The van der Waals surface area contributed by atoms with Crippen molar-refractivity contribution in [2.45, 2.75) is 64.8 Å². The smallest absolute Gasteiger partial charge is 0.192 e. The SMILES string of the molecule is Cc1cccc(C2=CC(O[Si](C)(C)C(C)(C)C)CC2)c1. The van der Waals surface area contributed by atoms with Crippen molar-refractivity contribution >= 4 is 13.9 Å². The molecule has 2 heteroatoms. The molecule has 1 aliphatic carbocycles. The fourth-order valence-corrected chi connectivity index (χ4v) is 3.72. The Labute approximate surface area is 125 Å². The van der Waals surface area contributed by atoms with Crippen molar-refractivity contribution in [2.24, 2.45) is 0 Å². The molecule has 1 aliphatic rings. The first-order valence-electron chi connectivity index (χ1n) is 7.65. The van der Waals surface area contributed by atoms with Crippen molar-refractivity contribution in [3.05, 3.63) is 41.5 Å². The van der Waals surface area contributed by atoms with E-state index in [1.807, 2.05) is 0 Å². The predicted octanol–water partition coefficient (Wildman–Crippen LogP) is 5.56. The first-order chi connectivity index (χ1) is 9.19. The number of allylic oxidation sites excluding steroid dienone is 1. The van der Waals surface area contributed by atoms with Gasteiger partial charge in [0.15, 0.2) is 8.32 Å². The standard InChI is InChI=1S/C18H28OSi/c1-14-8-7-9-15(12-14)16-10-11-17(13-16)19-20(5,6)18(2,3)4/h7-9,12-13,17H,10-11H2,1-6H3. The van der Waals surface area contributed by atoms with Crippen molar-refractivity contribution in [3.63, 3.8) is 0 Å². The molecule has 2 rings (SSSR count). The maximum atomic E-state index is 6.51. The third kappa shape index (κ3) is 3.42. The molecule has 0 aromatic heterocycles. The molecule has 0 aliphatic heterocycles. The Morgan fingerprint density at radius 1 is 1.20 bits per heavy atom. The van der Waals surface area contributed by atoms with Gasteiger partial charge in [0.1, 0.15) is 0 Å². The first-order valence-corrected chi connectivity index (χ1v) is 10.6. The van der Waals surface area contributed by atoms with Crippen LogP contribution in [0.4, 0.5) is 0 Å². The monoisotopic (exact) mass is 288 g/mol.